The van der Waals surface area contributed by atoms with Gasteiger partial charge in [-0.15, -0.1) is 0 Å². The average molecular weight is 552 g/mol. The summed E-state index contributed by atoms with van der Waals surface area (Å²) in [7, 11) is -3.60. The van der Waals surface area contributed by atoms with E-state index in [-0.39, 0.29) is 16.3 Å². The molecule has 2 aliphatic heterocycles. The molecule has 3 aromatic rings. The predicted molar refractivity (Wildman–Crippen MR) is 137 cm³/mol. The zero-order valence-corrected chi connectivity index (χ0v) is 21.7. The maximum absolute atomic E-state index is 14.0. The third-order valence-electron chi connectivity index (χ3n) is 6.48. The summed E-state index contributed by atoms with van der Waals surface area (Å²) >= 11 is 1.28. The molecule has 9 nitrogen and oxygen atoms in total. The van der Waals surface area contributed by atoms with Gasteiger partial charge in [-0.3, -0.25) is 9.69 Å². The smallest absolute Gasteiger partial charge is 0.251 e. The summed E-state index contributed by atoms with van der Waals surface area (Å²) in [5, 5.41) is 3.55. The van der Waals surface area contributed by atoms with Gasteiger partial charge in [0.2, 0.25) is 10.0 Å². The van der Waals surface area contributed by atoms with Crippen molar-refractivity contribution in [1.82, 2.24) is 19.5 Å². The van der Waals surface area contributed by atoms with Gasteiger partial charge >= 0.3 is 0 Å². The topological polar surface area (TPSA) is 95.1 Å². The summed E-state index contributed by atoms with van der Waals surface area (Å²) in [5.74, 6) is -1.53. The van der Waals surface area contributed by atoms with Crippen molar-refractivity contribution in [2.24, 2.45) is 0 Å². The molecule has 5 rings (SSSR count). The third kappa shape index (κ3) is 5.75. The first kappa shape index (κ1) is 25.9. The number of nitrogens with one attached hydrogen (secondary N) is 1. The molecule has 0 aliphatic carbocycles. The number of aromatic nitrogens is 1. The van der Waals surface area contributed by atoms with Crippen LogP contribution in [0.2, 0.25) is 0 Å². The SMILES string of the molecule is O=C(NCCN1CCN(c2nc3c(F)cc(F)cc3s2)CC1)c1ccc(S(=O)(=O)N2CCOCC2)cc1. The molecule has 198 valence electrons. The summed E-state index contributed by atoms with van der Waals surface area (Å²) in [6.07, 6.45) is 0. The van der Waals surface area contributed by atoms with Gasteiger partial charge in [0.15, 0.2) is 10.9 Å². The third-order valence-corrected chi connectivity index (χ3v) is 9.46. The Hall–Kier alpha value is -2.71. The Kier molecular flexibility index (Phi) is 7.67. The highest BCUT2D eigenvalue weighted by Crippen LogP contribution is 2.31. The molecule has 2 saturated heterocycles. The molecule has 0 atom stereocenters. The number of fused-ring (bicyclic) bond motifs is 1. The quantitative estimate of drug-likeness (QED) is 0.481. The van der Waals surface area contributed by atoms with Gasteiger partial charge in [-0.2, -0.15) is 4.31 Å². The van der Waals surface area contributed by atoms with Crippen LogP contribution in [0.25, 0.3) is 10.2 Å². The zero-order valence-electron chi connectivity index (χ0n) is 20.0. The minimum absolute atomic E-state index is 0.157. The molecule has 0 unspecified atom stereocenters. The molecule has 2 aromatic carbocycles. The number of morpholine rings is 1. The molecule has 3 heterocycles. The molecule has 13 heteroatoms. The van der Waals surface area contributed by atoms with Gasteiger partial charge in [0.25, 0.3) is 5.91 Å². The number of nitrogens with zero attached hydrogens (tertiary/aromatic N) is 4. The highest BCUT2D eigenvalue weighted by Gasteiger charge is 2.26. The molecule has 2 aliphatic rings. The lowest BCUT2D eigenvalue weighted by atomic mass is 10.2. The van der Waals surface area contributed by atoms with E-state index in [1.165, 1.54) is 46.0 Å². The predicted octanol–water partition coefficient (Wildman–Crippen LogP) is 2.15. The average Bonchev–Trinajstić information content (AvgIpc) is 3.34. The first-order chi connectivity index (χ1) is 17.8. The van der Waals surface area contributed by atoms with Crippen LogP contribution in [-0.2, 0) is 14.8 Å². The molecule has 0 radical (unpaired) electrons. The van der Waals surface area contributed by atoms with E-state index in [1.807, 2.05) is 0 Å². The monoisotopic (exact) mass is 551 g/mol. The minimum Gasteiger partial charge on any atom is -0.379 e. The number of piperazine rings is 1. The van der Waals surface area contributed by atoms with E-state index in [2.05, 4.69) is 20.1 Å². The fourth-order valence-electron chi connectivity index (χ4n) is 4.39. The van der Waals surface area contributed by atoms with Gasteiger partial charge in [-0.1, -0.05) is 11.3 Å². The van der Waals surface area contributed by atoms with Crippen LogP contribution >= 0.6 is 11.3 Å². The number of sulfonamides is 1. The Morgan fingerprint density at radius 2 is 1.73 bits per heavy atom. The number of carbonyl (C=O) groups is 1. The number of hydrogen-bond donors (Lipinski definition) is 1. The molecule has 0 bridgehead atoms. The van der Waals surface area contributed by atoms with E-state index < -0.39 is 21.7 Å². The first-order valence-corrected chi connectivity index (χ1v) is 14.3. The number of anilines is 1. The molecule has 1 amide bonds. The van der Waals surface area contributed by atoms with E-state index >= 15 is 0 Å². The van der Waals surface area contributed by atoms with E-state index in [4.69, 9.17) is 4.74 Å². The van der Waals surface area contributed by atoms with E-state index in [1.54, 1.807) is 0 Å². The van der Waals surface area contributed by atoms with Crippen LogP contribution in [0.5, 0.6) is 0 Å². The van der Waals surface area contributed by atoms with Crippen LogP contribution in [-0.4, -0.2) is 94.1 Å². The highest BCUT2D eigenvalue weighted by molar-refractivity contribution is 7.89. The van der Waals surface area contributed by atoms with Crippen molar-refractivity contribution in [2.75, 3.05) is 70.5 Å². The lowest BCUT2D eigenvalue weighted by Crippen LogP contribution is -2.48. The van der Waals surface area contributed by atoms with Gasteiger partial charge in [-0.05, 0) is 30.3 Å². The second-order valence-electron chi connectivity index (χ2n) is 8.86. The van der Waals surface area contributed by atoms with Crippen LogP contribution in [0.4, 0.5) is 13.9 Å². The van der Waals surface area contributed by atoms with E-state index in [9.17, 15) is 22.0 Å². The number of benzene rings is 2. The van der Waals surface area contributed by atoms with Crippen molar-refractivity contribution in [3.05, 3.63) is 53.6 Å². The van der Waals surface area contributed by atoms with Gasteiger partial charge in [-0.25, -0.2) is 22.2 Å². The Balaban J connectivity index is 1.09. The number of halogens is 2. The standard InChI is InChI=1S/C24H27F2N5O4S2/c25-18-15-20(26)22-21(16-18)36-24(28-22)30-9-7-29(8-10-30)6-5-27-23(32)17-1-3-19(4-2-17)37(33,34)31-11-13-35-14-12-31/h1-4,15-16H,5-14H2,(H,27,32). The number of ether oxygens (including phenoxy) is 1. The Morgan fingerprint density at radius 1 is 1.03 bits per heavy atom. The Morgan fingerprint density at radius 3 is 2.43 bits per heavy atom. The van der Waals surface area contributed by atoms with Gasteiger partial charge in [0, 0.05) is 64.0 Å². The summed E-state index contributed by atoms with van der Waals surface area (Å²) in [5.41, 5.74) is 0.587. The van der Waals surface area contributed by atoms with Gasteiger partial charge in [0.1, 0.15) is 11.3 Å². The summed E-state index contributed by atoms with van der Waals surface area (Å²) in [6.45, 7) is 5.36. The maximum Gasteiger partial charge on any atom is 0.251 e. The number of rotatable bonds is 7. The number of hydrogen-bond acceptors (Lipinski definition) is 8. The van der Waals surface area contributed by atoms with Crippen LogP contribution in [0.15, 0.2) is 41.3 Å². The molecule has 0 spiro atoms. The molecule has 1 N–H and O–H groups in total. The van der Waals surface area contributed by atoms with Crippen molar-refractivity contribution >= 4 is 42.6 Å². The summed E-state index contributed by atoms with van der Waals surface area (Å²) < 4.78 is 60.0. The lowest BCUT2D eigenvalue weighted by Gasteiger charge is -2.34. The van der Waals surface area contributed by atoms with Crippen molar-refractivity contribution in [3.63, 3.8) is 0 Å². The molecule has 1 aromatic heterocycles. The van der Waals surface area contributed by atoms with Gasteiger partial charge in [0.05, 0.1) is 22.8 Å². The number of thiazole rings is 1. The van der Waals surface area contributed by atoms with E-state index in [0.717, 1.165) is 19.2 Å². The van der Waals surface area contributed by atoms with Crippen molar-refractivity contribution < 1.29 is 26.7 Å². The van der Waals surface area contributed by atoms with Crippen LogP contribution in [0.3, 0.4) is 0 Å². The summed E-state index contributed by atoms with van der Waals surface area (Å²) in [4.78, 5) is 21.3. The van der Waals surface area contributed by atoms with Crippen LogP contribution < -0.4 is 10.2 Å². The second-order valence-corrected chi connectivity index (χ2v) is 11.8. The maximum atomic E-state index is 14.0. The summed E-state index contributed by atoms with van der Waals surface area (Å²) in [6, 6.07) is 8.11. The first-order valence-electron chi connectivity index (χ1n) is 12.0. The second kappa shape index (κ2) is 11.0. The Bertz CT molecular complexity index is 1370. The van der Waals surface area contributed by atoms with Crippen molar-refractivity contribution in [3.8, 4) is 0 Å². The minimum atomic E-state index is -3.60. The normalized spacial score (nSPS) is 17.8. The highest BCUT2D eigenvalue weighted by atomic mass is 32.2. The molecule has 0 saturated carbocycles. The van der Waals surface area contributed by atoms with Gasteiger partial charge < -0.3 is 15.0 Å². The number of carbonyl (C=O) groups excluding carboxylic acids is 1. The lowest BCUT2D eigenvalue weighted by molar-refractivity contribution is 0.0730. The fourth-order valence-corrected chi connectivity index (χ4v) is 6.85. The van der Waals surface area contributed by atoms with Crippen LogP contribution in [0.1, 0.15) is 10.4 Å². The molecular weight excluding hydrogens is 524 g/mol. The zero-order chi connectivity index (χ0) is 26.0. The Labute approximate surface area is 217 Å². The van der Waals surface area contributed by atoms with Crippen molar-refractivity contribution in [1.29, 1.82) is 0 Å². The fraction of sp³-hybridized carbons (Fsp3) is 0.417. The van der Waals surface area contributed by atoms with E-state index in [0.29, 0.717) is 67.9 Å². The molecular formula is C24H27F2N5O4S2. The number of amides is 1. The van der Waals surface area contributed by atoms with Crippen molar-refractivity contribution in [2.45, 2.75) is 4.90 Å². The largest absolute Gasteiger partial charge is 0.379 e. The van der Waals surface area contributed by atoms with Crippen LogP contribution in [0, 0.1) is 11.6 Å². The molecule has 2 fully saturated rings. The molecule has 37 heavy (non-hydrogen) atoms.